The standard InChI is InChI=1S/C16H29NO3/c1-3-5-6-7-15(19)17-10-8-16(9-11-17)13(18)12-14(16)20-4-2/h13-14,18H,3-12H2,1-2H3. The zero-order valence-electron chi connectivity index (χ0n) is 12.9. The van der Waals surface area contributed by atoms with Gasteiger partial charge < -0.3 is 14.7 Å². The van der Waals surface area contributed by atoms with E-state index in [-0.39, 0.29) is 23.5 Å². The summed E-state index contributed by atoms with van der Waals surface area (Å²) >= 11 is 0. The van der Waals surface area contributed by atoms with Crippen molar-refractivity contribution in [1.29, 1.82) is 0 Å². The van der Waals surface area contributed by atoms with Crippen molar-refractivity contribution in [2.24, 2.45) is 5.41 Å². The Labute approximate surface area is 122 Å². The minimum absolute atomic E-state index is 0.0732. The van der Waals surface area contributed by atoms with E-state index in [0.717, 1.165) is 51.6 Å². The number of carbonyl (C=O) groups is 1. The van der Waals surface area contributed by atoms with E-state index in [1.54, 1.807) is 0 Å². The molecule has 2 fully saturated rings. The molecule has 1 spiro atoms. The number of piperidine rings is 1. The molecular weight excluding hydrogens is 254 g/mol. The van der Waals surface area contributed by atoms with Gasteiger partial charge in [0, 0.05) is 38.0 Å². The summed E-state index contributed by atoms with van der Waals surface area (Å²) in [6.07, 6.45) is 6.46. The van der Waals surface area contributed by atoms with Gasteiger partial charge in [0.2, 0.25) is 5.91 Å². The minimum Gasteiger partial charge on any atom is -0.392 e. The fourth-order valence-electron chi connectivity index (χ4n) is 3.67. The van der Waals surface area contributed by atoms with Crippen LogP contribution in [0, 0.1) is 5.41 Å². The Hall–Kier alpha value is -0.610. The lowest BCUT2D eigenvalue weighted by Crippen LogP contribution is -2.62. The van der Waals surface area contributed by atoms with E-state index in [0.29, 0.717) is 13.0 Å². The molecule has 4 nitrogen and oxygen atoms in total. The van der Waals surface area contributed by atoms with Crippen molar-refractivity contribution < 1.29 is 14.6 Å². The Bertz CT molecular complexity index is 322. The number of nitrogens with zero attached hydrogens (tertiary/aromatic N) is 1. The number of hydrogen-bond acceptors (Lipinski definition) is 3. The molecule has 1 heterocycles. The largest absolute Gasteiger partial charge is 0.392 e. The first-order valence-corrected chi connectivity index (χ1v) is 8.21. The molecule has 1 N–H and O–H groups in total. The molecule has 0 aromatic rings. The van der Waals surface area contributed by atoms with E-state index < -0.39 is 0 Å². The van der Waals surface area contributed by atoms with E-state index in [2.05, 4.69) is 6.92 Å². The Balaban J connectivity index is 1.81. The Kier molecular flexibility index (Phi) is 5.44. The summed E-state index contributed by atoms with van der Waals surface area (Å²) in [5, 5.41) is 10.1. The van der Waals surface area contributed by atoms with Crippen molar-refractivity contribution in [2.75, 3.05) is 19.7 Å². The van der Waals surface area contributed by atoms with E-state index in [9.17, 15) is 9.90 Å². The van der Waals surface area contributed by atoms with Gasteiger partial charge in [0.15, 0.2) is 0 Å². The van der Waals surface area contributed by atoms with E-state index in [1.807, 2.05) is 11.8 Å². The summed E-state index contributed by atoms with van der Waals surface area (Å²) in [6.45, 7) is 6.43. The van der Waals surface area contributed by atoms with Gasteiger partial charge in [-0.15, -0.1) is 0 Å². The maximum Gasteiger partial charge on any atom is 0.222 e. The molecule has 2 atom stereocenters. The third-order valence-corrected chi connectivity index (χ3v) is 5.15. The van der Waals surface area contributed by atoms with Gasteiger partial charge in [-0.1, -0.05) is 19.8 Å². The Morgan fingerprint density at radius 2 is 2.00 bits per heavy atom. The van der Waals surface area contributed by atoms with Crippen LogP contribution in [0.15, 0.2) is 0 Å². The maximum absolute atomic E-state index is 12.1. The van der Waals surface area contributed by atoms with Gasteiger partial charge >= 0.3 is 0 Å². The SMILES string of the molecule is CCCCCC(=O)N1CCC2(CC1)C(O)CC2OCC. The van der Waals surface area contributed by atoms with Crippen molar-refractivity contribution in [3.8, 4) is 0 Å². The van der Waals surface area contributed by atoms with Crippen LogP contribution < -0.4 is 0 Å². The van der Waals surface area contributed by atoms with E-state index in [4.69, 9.17) is 4.74 Å². The predicted molar refractivity (Wildman–Crippen MR) is 78.4 cm³/mol. The number of aliphatic hydroxyl groups excluding tert-OH is 1. The van der Waals surface area contributed by atoms with Gasteiger partial charge in [-0.3, -0.25) is 4.79 Å². The summed E-state index contributed by atoms with van der Waals surface area (Å²) < 4.78 is 5.75. The van der Waals surface area contributed by atoms with Crippen LogP contribution in [0.25, 0.3) is 0 Å². The molecule has 1 amide bonds. The molecule has 2 unspecified atom stereocenters. The Morgan fingerprint density at radius 3 is 2.55 bits per heavy atom. The monoisotopic (exact) mass is 283 g/mol. The van der Waals surface area contributed by atoms with Crippen LogP contribution >= 0.6 is 0 Å². The number of hydrogen-bond donors (Lipinski definition) is 1. The molecule has 0 radical (unpaired) electrons. The van der Waals surface area contributed by atoms with Crippen molar-refractivity contribution >= 4 is 5.91 Å². The van der Waals surface area contributed by atoms with Gasteiger partial charge in [-0.05, 0) is 26.2 Å². The van der Waals surface area contributed by atoms with Crippen LogP contribution in [0.2, 0.25) is 0 Å². The molecule has 4 heteroatoms. The van der Waals surface area contributed by atoms with E-state index >= 15 is 0 Å². The number of amides is 1. The number of aliphatic hydroxyl groups is 1. The fourth-order valence-corrected chi connectivity index (χ4v) is 3.67. The number of carbonyl (C=O) groups excluding carboxylic acids is 1. The number of unbranched alkanes of at least 4 members (excludes halogenated alkanes) is 2. The lowest BCUT2D eigenvalue weighted by molar-refractivity contribution is -0.210. The molecule has 1 aliphatic heterocycles. The normalized spacial score (nSPS) is 28.4. The molecule has 1 aliphatic carbocycles. The van der Waals surface area contributed by atoms with Crippen LogP contribution in [-0.2, 0) is 9.53 Å². The number of likely N-dealkylation sites (tertiary alicyclic amines) is 1. The average Bonchev–Trinajstić information content (AvgIpc) is 2.47. The first-order valence-electron chi connectivity index (χ1n) is 8.21. The van der Waals surface area contributed by atoms with Gasteiger partial charge in [0.1, 0.15) is 0 Å². The van der Waals surface area contributed by atoms with E-state index in [1.165, 1.54) is 0 Å². The van der Waals surface area contributed by atoms with Crippen LogP contribution in [0.1, 0.15) is 58.8 Å². The molecule has 2 aliphatic rings. The second-order valence-corrected chi connectivity index (χ2v) is 6.27. The molecule has 2 rings (SSSR count). The zero-order valence-corrected chi connectivity index (χ0v) is 12.9. The molecule has 1 saturated carbocycles. The molecule has 1 saturated heterocycles. The van der Waals surface area contributed by atoms with Crippen molar-refractivity contribution in [3.63, 3.8) is 0 Å². The van der Waals surface area contributed by atoms with Crippen LogP contribution in [-0.4, -0.2) is 47.8 Å². The molecule has 0 aromatic carbocycles. The minimum atomic E-state index is -0.239. The predicted octanol–water partition coefficient (Wildman–Crippen LogP) is 2.35. The van der Waals surface area contributed by atoms with Crippen LogP contribution in [0.4, 0.5) is 0 Å². The first kappa shape index (κ1) is 15.8. The summed E-state index contributed by atoms with van der Waals surface area (Å²) in [4.78, 5) is 14.1. The average molecular weight is 283 g/mol. The topological polar surface area (TPSA) is 49.8 Å². The quantitative estimate of drug-likeness (QED) is 0.761. The molecule has 20 heavy (non-hydrogen) atoms. The second-order valence-electron chi connectivity index (χ2n) is 6.27. The maximum atomic E-state index is 12.1. The summed E-state index contributed by atoms with van der Waals surface area (Å²) in [5.41, 5.74) is -0.0732. The molecule has 116 valence electrons. The molecular formula is C16H29NO3. The highest BCUT2D eigenvalue weighted by Gasteiger charge is 2.56. The smallest absolute Gasteiger partial charge is 0.222 e. The van der Waals surface area contributed by atoms with Crippen molar-refractivity contribution in [2.45, 2.75) is 71.0 Å². The summed E-state index contributed by atoms with van der Waals surface area (Å²) in [5.74, 6) is 0.287. The second kappa shape index (κ2) is 6.90. The Morgan fingerprint density at radius 1 is 1.30 bits per heavy atom. The third-order valence-electron chi connectivity index (χ3n) is 5.15. The lowest BCUT2D eigenvalue weighted by Gasteiger charge is -2.56. The van der Waals surface area contributed by atoms with Crippen molar-refractivity contribution in [1.82, 2.24) is 4.90 Å². The van der Waals surface area contributed by atoms with Gasteiger partial charge in [-0.25, -0.2) is 0 Å². The number of rotatable bonds is 6. The van der Waals surface area contributed by atoms with Crippen LogP contribution in [0.5, 0.6) is 0 Å². The highest BCUT2D eigenvalue weighted by Crippen LogP contribution is 2.50. The first-order chi connectivity index (χ1) is 9.64. The lowest BCUT2D eigenvalue weighted by atomic mass is 9.58. The fraction of sp³-hybridized carbons (Fsp3) is 0.938. The zero-order chi connectivity index (χ0) is 14.6. The molecule has 0 bridgehead atoms. The van der Waals surface area contributed by atoms with Crippen LogP contribution in [0.3, 0.4) is 0 Å². The highest BCUT2D eigenvalue weighted by atomic mass is 16.5. The van der Waals surface area contributed by atoms with Crippen molar-refractivity contribution in [3.05, 3.63) is 0 Å². The molecule has 0 aromatic heterocycles. The third kappa shape index (κ3) is 3.01. The summed E-state index contributed by atoms with van der Waals surface area (Å²) in [7, 11) is 0. The van der Waals surface area contributed by atoms with Gasteiger partial charge in [-0.2, -0.15) is 0 Å². The van der Waals surface area contributed by atoms with Gasteiger partial charge in [0.05, 0.1) is 12.2 Å². The summed E-state index contributed by atoms with van der Waals surface area (Å²) in [6, 6.07) is 0. The number of ether oxygens (including phenoxy) is 1. The van der Waals surface area contributed by atoms with Gasteiger partial charge in [0.25, 0.3) is 0 Å². The highest BCUT2D eigenvalue weighted by molar-refractivity contribution is 5.76.